The molecule has 0 aliphatic heterocycles. The number of thiazole rings is 1. The van der Waals surface area contributed by atoms with Crippen LogP contribution in [0.3, 0.4) is 0 Å². The molecule has 1 aromatic heterocycles. The van der Waals surface area contributed by atoms with Crippen LogP contribution in [0.1, 0.15) is 27.4 Å². The highest BCUT2D eigenvalue weighted by Crippen LogP contribution is 2.24. The van der Waals surface area contributed by atoms with E-state index in [1.807, 2.05) is 50.4 Å². The Hall–Kier alpha value is -1.61. The van der Waals surface area contributed by atoms with E-state index in [2.05, 4.69) is 4.98 Å². The summed E-state index contributed by atoms with van der Waals surface area (Å²) in [5.41, 5.74) is 3.94. The second kappa shape index (κ2) is 4.72. The van der Waals surface area contributed by atoms with Crippen molar-refractivity contribution in [3.05, 3.63) is 44.9 Å². The maximum Gasteiger partial charge on any atom is 0.121 e. The summed E-state index contributed by atoms with van der Waals surface area (Å²) in [5.74, 6) is 0.382. The molecule has 0 saturated carbocycles. The summed E-state index contributed by atoms with van der Waals surface area (Å²) >= 11 is 1.63. The van der Waals surface area contributed by atoms with Crippen LogP contribution in [0.2, 0.25) is 0 Å². The zero-order valence-corrected chi connectivity index (χ0v) is 11.0. The van der Waals surface area contributed by atoms with Crippen molar-refractivity contribution < 1.29 is 5.11 Å². The summed E-state index contributed by atoms with van der Waals surface area (Å²) in [6, 6.07) is 3.94. The molecule has 2 nitrogen and oxygen atoms in total. The van der Waals surface area contributed by atoms with Crippen molar-refractivity contribution >= 4 is 23.5 Å². The van der Waals surface area contributed by atoms with Crippen LogP contribution in [0.5, 0.6) is 5.75 Å². The molecule has 0 amide bonds. The van der Waals surface area contributed by atoms with Gasteiger partial charge in [-0.05, 0) is 55.7 Å². The zero-order chi connectivity index (χ0) is 12.4. The van der Waals surface area contributed by atoms with Gasteiger partial charge in [-0.1, -0.05) is 6.08 Å². The summed E-state index contributed by atoms with van der Waals surface area (Å²) in [6.07, 6.45) is 4.03. The Morgan fingerprint density at radius 1 is 1.12 bits per heavy atom. The van der Waals surface area contributed by atoms with Crippen molar-refractivity contribution in [2.45, 2.75) is 20.8 Å². The molecule has 88 valence electrons. The van der Waals surface area contributed by atoms with E-state index in [1.54, 1.807) is 11.3 Å². The summed E-state index contributed by atoms with van der Waals surface area (Å²) < 4.78 is 0. The van der Waals surface area contributed by atoms with E-state index < -0.39 is 0 Å². The van der Waals surface area contributed by atoms with E-state index in [1.165, 1.54) is 0 Å². The Labute approximate surface area is 105 Å². The molecule has 17 heavy (non-hydrogen) atoms. The molecule has 0 unspecified atom stereocenters. The largest absolute Gasteiger partial charge is 0.507 e. The number of phenols is 1. The number of benzene rings is 1. The number of rotatable bonds is 2. The van der Waals surface area contributed by atoms with Crippen molar-refractivity contribution in [2.75, 3.05) is 0 Å². The van der Waals surface area contributed by atoms with Gasteiger partial charge in [-0.25, -0.2) is 4.98 Å². The monoisotopic (exact) mass is 245 g/mol. The van der Waals surface area contributed by atoms with Crippen molar-refractivity contribution in [3.63, 3.8) is 0 Å². The van der Waals surface area contributed by atoms with Gasteiger partial charge in [-0.3, -0.25) is 0 Å². The fourth-order valence-electron chi connectivity index (χ4n) is 1.70. The third-order valence-corrected chi connectivity index (χ3v) is 3.50. The Morgan fingerprint density at radius 2 is 1.76 bits per heavy atom. The Morgan fingerprint density at radius 3 is 2.29 bits per heavy atom. The third-order valence-electron chi connectivity index (χ3n) is 2.57. The normalized spacial score (nSPS) is 11.2. The first kappa shape index (κ1) is 11.9. The van der Waals surface area contributed by atoms with Crippen LogP contribution in [0.25, 0.3) is 12.2 Å². The lowest BCUT2D eigenvalue weighted by atomic mass is 10.1. The van der Waals surface area contributed by atoms with Crippen LogP contribution in [0.4, 0.5) is 0 Å². The first-order valence-electron chi connectivity index (χ1n) is 5.46. The van der Waals surface area contributed by atoms with E-state index in [9.17, 15) is 5.11 Å². The van der Waals surface area contributed by atoms with Crippen molar-refractivity contribution in [1.29, 1.82) is 0 Å². The summed E-state index contributed by atoms with van der Waals surface area (Å²) in [7, 11) is 0. The summed E-state index contributed by atoms with van der Waals surface area (Å²) in [5, 5.41) is 12.7. The van der Waals surface area contributed by atoms with Crippen LogP contribution in [0.15, 0.2) is 17.5 Å². The van der Waals surface area contributed by atoms with Crippen LogP contribution < -0.4 is 0 Å². The predicted molar refractivity (Wildman–Crippen MR) is 73.4 cm³/mol. The molecule has 1 aromatic carbocycles. The smallest absolute Gasteiger partial charge is 0.121 e. The van der Waals surface area contributed by atoms with Gasteiger partial charge in [0.25, 0.3) is 0 Å². The number of hydrogen-bond donors (Lipinski definition) is 1. The molecule has 0 aliphatic rings. The first-order chi connectivity index (χ1) is 8.06. The molecular weight excluding hydrogens is 230 g/mol. The van der Waals surface area contributed by atoms with Gasteiger partial charge in [0, 0.05) is 11.1 Å². The Kier molecular flexibility index (Phi) is 3.29. The van der Waals surface area contributed by atoms with E-state index in [0.717, 1.165) is 27.4 Å². The molecular formula is C14H15NOS. The minimum Gasteiger partial charge on any atom is -0.507 e. The molecule has 3 heteroatoms. The Balaban J connectivity index is 2.27. The molecule has 2 aromatic rings. The van der Waals surface area contributed by atoms with Gasteiger partial charge in [0.15, 0.2) is 0 Å². The number of hydrogen-bond acceptors (Lipinski definition) is 3. The van der Waals surface area contributed by atoms with Crippen LogP contribution >= 0.6 is 11.3 Å². The molecule has 0 saturated heterocycles. The fourth-order valence-corrected chi connectivity index (χ4v) is 2.39. The molecule has 1 N–H and O–H groups in total. The average molecular weight is 245 g/mol. The van der Waals surface area contributed by atoms with Gasteiger partial charge in [0.1, 0.15) is 10.8 Å². The lowest BCUT2D eigenvalue weighted by Crippen LogP contribution is -1.83. The standard InChI is InChI=1S/C14H15NOS/c1-9-6-12(7-10(2)14(9)16)4-5-13-15-11(3)8-17-13/h4-8,16H,1-3H3/b5-4+. The maximum absolute atomic E-state index is 9.68. The predicted octanol–water partition coefficient (Wildman–Crippen LogP) is 3.94. The zero-order valence-electron chi connectivity index (χ0n) is 10.2. The summed E-state index contributed by atoms with van der Waals surface area (Å²) in [4.78, 5) is 4.37. The Bertz CT molecular complexity index is 546. The molecule has 0 spiro atoms. The quantitative estimate of drug-likeness (QED) is 0.869. The topological polar surface area (TPSA) is 33.1 Å². The highest BCUT2D eigenvalue weighted by molar-refractivity contribution is 7.10. The number of aryl methyl sites for hydroxylation is 3. The highest BCUT2D eigenvalue weighted by atomic mass is 32.1. The molecule has 0 bridgehead atoms. The van der Waals surface area contributed by atoms with Crippen molar-refractivity contribution in [1.82, 2.24) is 4.98 Å². The average Bonchev–Trinajstić information content (AvgIpc) is 2.69. The van der Waals surface area contributed by atoms with E-state index in [4.69, 9.17) is 0 Å². The number of phenolic OH excluding ortho intramolecular Hbond substituents is 1. The molecule has 1 heterocycles. The minimum atomic E-state index is 0.382. The second-order valence-electron chi connectivity index (χ2n) is 4.16. The van der Waals surface area contributed by atoms with Crippen molar-refractivity contribution in [2.24, 2.45) is 0 Å². The van der Waals surface area contributed by atoms with Crippen LogP contribution in [-0.2, 0) is 0 Å². The molecule has 0 radical (unpaired) electrons. The fraction of sp³-hybridized carbons (Fsp3) is 0.214. The van der Waals surface area contributed by atoms with Gasteiger partial charge in [-0.2, -0.15) is 0 Å². The van der Waals surface area contributed by atoms with Gasteiger partial charge in [-0.15, -0.1) is 11.3 Å². The molecule has 0 atom stereocenters. The van der Waals surface area contributed by atoms with Crippen LogP contribution in [0, 0.1) is 20.8 Å². The number of nitrogens with zero attached hydrogens (tertiary/aromatic N) is 1. The van der Waals surface area contributed by atoms with Gasteiger partial charge in [0.2, 0.25) is 0 Å². The van der Waals surface area contributed by atoms with E-state index in [0.29, 0.717) is 5.75 Å². The lowest BCUT2D eigenvalue weighted by Gasteiger charge is -2.04. The molecule has 2 rings (SSSR count). The number of aromatic hydroxyl groups is 1. The minimum absolute atomic E-state index is 0.382. The SMILES string of the molecule is Cc1csc(/C=C/c2cc(C)c(O)c(C)c2)n1. The molecule has 0 fully saturated rings. The van der Waals surface area contributed by atoms with Gasteiger partial charge >= 0.3 is 0 Å². The molecule has 0 aliphatic carbocycles. The highest BCUT2D eigenvalue weighted by Gasteiger charge is 2.01. The maximum atomic E-state index is 9.68. The number of aromatic nitrogens is 1. The second-order valence-corrected chi connectivity index (χ2v) is 5.05. The third kappa shape index (κ3) is 2.74. The lowest BCUT2D eigenvalue weighted by molar-refractivity contribution is 0.467. The van der Waals surface area contributed by atoms with E-state index >= 15 is 0 Å². The van der Waals surface area contributed by atoms with Crippen LogP contribution in [-0.4, -0.2) is 10.1 Å². The first-order valence-corrected chi connectivity index (χ1v) is 6.34. The van der Waals surface area contributed by atoms with Gasteiger partial charge in [0.05, 0.1) is 0 Å². The van der Waals surface area contributed by atoms with E-state index in [-0.39, 0.29) is 0 Å². The summed E-state index contributed by atoms with van der Waals surface area (Å²) in [6.45, 7) is 5.81. The van der Waals surface area contributed by atoms with Gasteiger partial charge < -0.3 is 5.11 Å². The van der Waals surface area contributed by atoms with Crippen molar-refractivity contribution in [3.8, 4) is 5.75 Å².